The molecule has 0 aromatic rings. The van der Waals surface area contributed by atoms with Gasteiger partial charge in [0, 0.05) is 33.7 Å². The van der Waals surface area contributed by atoms with Crippen molar-refractivity contribution in [1.82, 2.24) is 15.5 Å². The number of alkyl halides is 3. The predicted molar refractivity (Wildman–Crippen MR) is 55.1 cm³/mol. The van der Waals surface area contributed by atoms with E-state index in [2.05, 4.69) is 10.6 Å². The van der Waals surface area contributed by atoms with Crippen molar-refractivity contribution >= 4 is 6.03 Å². The molecule has 98 valence electrons. The molecule has 5 nitrogen and oxygen atoms in total. The third-order valence-electron chi connectivity index (χ3n) is 1.88. The molecule has 0 heterocycles. The Kier molecular flexibility index (Phi) is 6.35. The highest BCUT2D eigenvalue weighted by Crippen LogP contribution is 2.24. The summed E-state index contributed by atoms with van der Waals surface area (Å²) in [6, 6.07) is 0.857. The number of urea groups is 1. The summed E-state index contributed by atoms with van der Waals surface area (Å²) >= 11 is 0. The lowest BCUT2D eigenvalue weighted by molar-refractivity contribution is -0.157. The van der Waals surface area contributed by atoms with Crippen LogP contribution in [-0.2, 0) is 0 Å². The second-order valence-electron chi connectivity index (χ2n) is 3.55. The molecule has 0 rings (SSSR count). The standard InChI is InChI=1S/C9H15F3N4O/c1-16(2)8(17)15-4-3-14-6-7(5-13)9(10,11)12/h7,14H,3-4,6H2,1-2H3,(H,15,17). The number of hydrogen-bond donors (Lipinski definition) is 2. The summed E-state index contributed by atoms with van der Waals surface area (Å²) in [5.74, 6) is -2.02. The van der Waals surface area contributed by atoms with E-state index in [-0.39, 0.29) is 19.1 Å². The molecule has 0 fully saturated rings. The molecule has 0 saturated heterocycles. The molecule has 1 atom stereocenters. The largest absolute Gasteiger partial charge is 0.405 e. The third-order valence-corrected chi connectivity index (χ3v) is 1.88. The highest BCUT2D eigenvalue weighted by atomic mass is 19.4. The quantitative estimate of drug-likeness (QED) is 0.702. The van der Waals surface area contributed by atoms with Crippen LogP contribution in [-0.4, -0.2) is 50.8 Å². The molecule has 8 heteroatoms. The molecule has 0 aliphatic heterocycles. The van der Waals surface area contributed by atoms with Crippen molar-refractivity contribution in [3.05, 3.63) is 0 Å². The molecule has 0 aromatic heterocycles. The zero-order chi connectivity index (χ0) is 13.5. The number of hydrogen-bond acceptors (Lipinski definition) is 3. The molecular formula is C9H15F3N4O. The zero-order valence-electron chi connectivity index (χ0n) is 9.64. The maximum atomic E-state index is 12.1. The number of nitrogens with zero attached hydrogens (tertiary/aromatic N) is 2. The topological polar surface area (TPSA) is 68.2 Å². The van der Waals surface area contributed by atoms with Crippen molar-refractivity contribution < 1.29 is 18.0 Å². The fraction of sp³-hybridized carbons (Fsp3) is 0.778. The number of carbonyl (C=O) groups is 1. The van der Waals surface area contributed by atoms with Gasteiger partial charge in [-0.3, -0.25) is 0 Å². The van der Waals surface area contributed by atoms with Crippen LogP contribution in [0.3, 0.4) is 0 Å². The lowest BCUT2D eigenvalue weighted by Gasteiger charge is -2.15. The normalized spacial score (nSPS) is 12.7. The Morgan fingerprint density at radius 3 is 2.41 bits per heavy atom. The minimum Gasteiger partial charge on any atom is -0.337 e. The SMILES string of the molecule is CN(C)C(=O)NCCNCC(C#N)C(F)(F)F. The highest BCUT2D eigenvalue weighted by molar-refractivity contribution is 5.73. The summed E-state index contributed by atoms with van der Waals surface area (Å²) in [7, 11) is 3.11. The molecule has 2 amide bonds. The minimum absolute atomic E-state index is 0.174. The number of carbonyl (C=O) groups excluding carboxylic acids is 1. The van der Waals surface area contributed by atoms with Gasteiger partial charge >= 0.3 is 12.2 Å². The van der Waals surface area contributed by atoms with Crippen molar-refractivity contribution in [1.29, 1.82) is 5.26 Å². The smallest absolute Gasteiger partial charge is 0.337 e. The van der Waals surface area contributed by atoms with Crippen LogP contribution in [0.1, 0.15) is 0 Å². The Hall–Kier alpha value is -1.49. The molecule has 0 bridgehead atoms. The van der Waals surface area contributed by atoms with Crippen LogP contribution in [0.2, 0.25) is 0 Å². The molecule has 0 aliphatic carbocycles. The van der Waals surface area contributed by atoms with Crippen LogP contribution in [0.5, 0.6) is 0 Å². The molecule has 0 aliphatic rings. The van der Waals surface area contributed by atoms with Gasteiger partial charge in [0.05, 0.1) is 6.07 Å². The van der Waals surface area contributed by atoms with E-state index in [1.54, 1.807) is 14.1 Å². The van der Waals surface area contributed by atoms with Gasteiger partial charge in [0.2, 0.25) is 0 Å². The fourth-order valence-corrected chi connectivity index (χ4v) is 0.897. The van der Waals surface area contributed by atoms with Gasteiger partial charge < -0.3 is 15.5 Å². The van der Waals surface area contributed by atoms with E-state index in [0.29, 0.717) is 0 Å². The number of rotatable bonds is 5. The van der Waals surface area contributed by atoms with Gasteiger partial charge in [-0.1, -0.05) is 0 Å². The summed E-state index contributed by atoms with van der Waals surface area (Å²) in [6.07, 6.45) is -4.52. The van der Waals surface area contributed by atoms with Gasteiger partial charge in [-0.2, -0.15) is 18.4 Å². The Balaban J connectivity index is 3.72. The van der Waals surface area contributed by atoms with Gasteiger partial charge in [0.25, 0.3) is 0 Å². The van der Waals surface area contributed by atoms with E-state index in [1.165, 1.54) is 11.0 Å². The van der Waals surface area contributed by atoms with Crippen molar-refractivity contribution in [2.75, 3.05) is 33.7 Å². The number of amides is 2. The average Bonchev–Trinajstić information content (AvgIpc) is 2.20. The lowest BCUT2D eigenvalue weighted by atomic mass is 10.1. The van der Waals surface area contributed by atoms with E-state index in [1.807, 2.05) is 0 Å². The van der Waals surface area contributed by atoms with Crippen molar-refractivity contribution in [2.24, 2.45) is 5.92 Å². The van der Waals surface area contributed by atoms with E-state index in [9.17, 15) is 18.0 Å². The summed E-state index contributed by atoms with van der Waals surface area (Å²) in [6.45, 7) is -0.0985. The second kappa shape index (κ2) is 6.96. The van der Waals surface area contributed by atoms with Crippen molar-refractivity contribution in [2.45, 2.75) is 6.18 Å². The zero-order valence-corrected chi connectivity index (χ0v) is 9.64. The van der Waals surface area contributed by atoms with Crippen LogP contribution >= 0.6 is 0 Å². The molecule has 0 saturated carbocycles. The molecule has 0 radical (unpaired) electrons. The Labute approximate surface area is 97.6 Å². The minimum atomic E-state index is -4.52. The van der Waals surface area contributed by atoms with E-state index >= 15 is 0 Å². The summed E-state index contributed by atoms with van der Waals surface area (Å²) in [5.41, 5.74) is 0. The first-order chi connectivity index (χ1) is 7.79. The Morgan fingerprint density at radius 2 is 2.00 bits per heavy atom. The van der Waals surface area contributed by atoms with Gasteiger partial charge in [-0.15, -0.1) is 0 Å². The molecule has 0 spiro atoms. The van der Waals surface area contributed by atoms with Crippen molar-refractivity contribution in [3.8, 4) is 6.07 Å². The monoisotopic (exact) mass is 252 g/mol. The Bertz CT molecular complexity index is 285. The number of nitriles is 1. The van der Waals surface area contributed by atoms with Gasteiger partial charge in [0.15, 0.2) is 5.92 Å². The fourth-order valence-electron chi connectivity index (χ4n) is 0.897. The van der Waals surface area contributed by atoms with Crippen LogP contribution in [0.15, 0.2) is 0 Å². The third kappa shape index (κ3) is 6.63. The molecular weight excluding hydrogens is 237 g/mol. The van der Waals surface area contributed by atoms with Gasteiger partial charge in [0.1, 0.15) is 0 Å². The summed E-state index contributed by atoms with van der Waals surface area (Å²) < 4.78 is 36.4. The predicted octanol–water partition coefficient (Wildman–Crippen LogP) is 0.549. The van der Waals surface area contributed by atoms with E-state index < -0.39 is 18.6 Å². The molecule has 17 heavy (non-hydrogen) atoms. The Morgan fingerprint density at radius 1 is 1.41 bits per heavy atom. The van der Waals surface area contributed by atoms with Crippen LogP contribution in [0.25, 0.3) is 0 Å². The molecule has 2 N–H and O–H groups in total. The van der Waals surface area contributed by atoms with Crippen LogP contribution in [0, 0.1) is 17.2 Å². The van der Waals surface area contributed by atoms with Crippen molar-refractivity contribution in [3.63, 3.8) is 0 Å². The second-order valence-corrected chi connectivity index (χ2v) is 3.55. The van der Waals surface area contributed by atoms with Crippen LogP contribution in [0.4, 0.5) is 18.0 Å². The first-order valence-corrected chi connectivity index (χ1v) is 4.91. The summed E-state index contributed by atoms with van der Waals surface area (Å²) in [4.78, 5) is 12.3. The first kappa shape index (κ1) is 15.5. The maximum Gasteiger partial charge on any atom is 0.405 e. The average molecular weight is 252 g/mol. The summed E-state index contributed by atoms with van der Waals surface area (Å²) in [5, 5.41) is 13.2. The first-order valence-electron chi connectivity index (χ1n) is 4.91. The van der Waals surface area contributed by atoms with E-state index in [0.717, 1.165) is 0 Å². The molecule has 1 unspecified atom stereocenters. The lowest BCUT2D eigenvalue weighted by Crippen LogP contribution is -2.40. The molecule has 0 aromatic carbocycles. The van der Waals surface area contributed by atoms with Gasteiger partial charge in [-0.05, 0) is 0 Å². The van der Waals surface area contributed by atoms with E-state index in [4.69, 9.17) is 5.26 Å². The maximum absolute atomic E-state index is 12.1. The van der Waals surface area contributed by atoms with Gasteiger partial charge in [-0.25, -0.2) is 4.79 Å². The van der Waals surface area contributed by atoms with Crippen LogP contribution < -0.4 is 10.6 Å². The number of halogens is 3. The number of nitrogens with one attached hydrogen (secondary N) is 2. The highest BCUT2D eigenvalue weighted by Gasteiger charge is 2.39.